The number of carboxylic acids is 2. The molecule has 9 heteroatoms. The van der Waals surface area contributed by atoms with Gasteiger partial charge < -0.3 is 19.5 Å². The van der Waals surface area contributed by atoms with Gasteiger partial charge >= 0.3 is 11.9 Å². The molecule has 1 fully saturated rings. The van der Waals surface area contributed by atoms with Gasteiger partial charge in [-0.3, -0.25) is 9.69 Å². The van der Waals surface area contributed by atoms with E-state index in [4.69, 9.17) is 24.2 Å². The number of hydrogen-bond donors (Lipinski definition) is 2. The van der Waals surface area contributed by atoms with Crippen LogP contribution in [0.1, 0.15) is 16.1 Å². The highest BCUT2D eigenvalue weighted by Gasteiger charge is 2.22. The Morgan fingerprint density at radius 3 is 2.19 bits per heavy atom. The Morgan fingerprint density at radius 2 is 1.67 bits per heavy atom. The minimum atomic E-state index is -1.82. The van der Waals surface area contributed by atoms with Gasteiger partial charge in [0.05, 0.1) is 12.8 Å². The van der Waals surface area contributed by atoms with Crippen molar-refractivity contribution in [3.63, 3.8) is 0 Å². The summed E-state index contributed by atoms with van der Waals surface area (Å²) in [7, 11) is 0. The molecular weight excluding hydrogens is 359 g/mol. The van der Waals surface area contributed by atoms with Gasteiger partial charge in [-0.25, -0.2) is 14.0 Å². The van der Waals surface area contributed by atoms with Crippen molar-refractivity contribution in [1.82, 2.24) is 9.80 Å². The fraction of sp³-hybridized carbons (Fsp3) is 0.278. The second kappa shape index (κ2) is 9.48. The molecule has 0 atom stereocenters. The van der Waals surface area contributed by atoms with Gasteiger partial charge in [-0.2, -0.15) is 0 Å². The molecule has 0 spiro atoms. The van der Waals surface area contributed by atoms with Gasteiger partial charge in [-0.15, -0.1) is 0 Å². The van der Waals surface area contributed by atoms with Gasteiger partial charge in [0.25, 0.3) is 5.91 Å². The number of aliphatic carboxylic acids is 2. The Kier molecular flexibility index (Phi) is 7.07. The molecule has 2 aromatic rings. The SMILES string of the molecule is O=C(O)C(=O)O.O=C(c1cccc(F)c1)N1CCN(Cc2ccco2)CC1. The average Bonchev–Trinajstić information content (AvgIpc) is 3.15. The molecule has 1 amide bonds. The molecule has 0 aliphatic carbocycles. The van der Waals surface area contributed by atoms with Crippen LogP contribution in [-0.2, 0) is 16.1 Å². The molecule has 1 aliphatic rings. The summed E-state index contributed by atoms with van der Waals surface area (Å²) in [6.07, 6.45) is 1.67. The minimum absolute atomic E-state index is 0.104. The van der Waals surface area contributed by atoms with Gasteiger partial charge in [0.1, 0.15) is 11.6 Å². The predicted octanol–water partition coefficient (Wildman–Crippen LogP) is 1.53. The summed E-state index contributed by atoms with van der Waals surface area (Å²) in [5.74, 6) is -3.20. The van der Waals surface area contributed by atoms with E-state index in [2.05, 4.69) is 4.90 Å². The van der Waals surface area contributed by atoms with Gasteiger partial charge in [0.15, 0.2) is 0 Å². The maximum Gasteiger partial charge on any atom is 0.414 e. The van der Waals surface area contributed by atoms with Crippen molar-refractivity contribution in [2.24, 2.45) is 0 Å². The second-order valence-electron chi connectivity index (χ2n) is 5.77. The molecule has 3 rings (SSSR count). The zero-order chi connectivity index (χ0) is 19.8. The quantitative estimate of drug-likeness (QED) is 0.779. The lowest BCUT2D eigenvalue weighted by molar-refractivity contribution is -0.159. The highest BCUT2D eigenvalue weighted by molar-refractivity contribution is 6.27. The van der Waals surface area contributed by atoms with E-state index in [-0.39, 0.29) is 11.7 Å². The molecule has 1 aromatic heterocycles. The van der Waals surface area contributed by atoms with Crippen LogP contribution in [0.4, 0.5) is 4.39 Å². The average molecular weight is 378 g/mol. The highest BCUT2D eigenvalue weighted by Crippen LogP contribution is 2.12. The molecular formula is C18H19FN2O6. The molecule has 8 nitrogen and oxygen atoms in total. The van der Waals surface area contributed by atoms with E-state index >= 15 is 0 Å². The first-order chi connectivity index (χ1) is 12.9. The topological polar surface area (TPSA) is 111 Å². The van der Waals surface area contributed by atoms with Crippen LogP contribution in [0.25, 0.3) is 0 Å². The Balaban J connectivity index is 0.000000380. The number of benzene rings is 1. The summed E-state index contributed by atoms with van der Waals surface area (Å²) in [5, 5.41) is 14.8. The molecule has 2 heterocycles. The molecule has 1 saturated heterocycles. The van der Waals surface area contributed by atoms with Crippen molar-refractivity contribution >= 4 is 17.8 Å². The first kappa shape index (κ1) is 20.1. The van der Waals surface area contributed by atoms with Crippen molar-refractivity contribution in [2.45, 2.75) is 6.54 Å². The zero-order valence-electron chi connectivity index (χ0n) is 14.4. The van der Waals surface area contributed by atoms with Crippen molar-refractivity contribution in [2.75, 3.05) is 26.2 Å². The van der Waals surface area contributed by atoms with Gasteiger partial charge in [-0.1, -0.05) is 6.07 Å². The maximum atomic E-state index is 13.2. The molecule has 0 unspecified atom stereocenters. The molecule has 27 heavy (non-hydrogen) atoms. The summed E-state index contributed by atoms with van der Waals surface area (Å²) in [6.45, 7) is 3.64. The number of carbonyl (C=O) groups is 3. The smallest absolute Gasteiger partial charge is 0.414 e. The molecule has 0 saturated carbocycles. The van der Waals surface area contributed by atoms with E-state index in [1.807, 2.05) is 12.1 Å². The fourth-order valence-corrected chi connectivity index (χ4v) is 2.54. The molecule has 144 valence electrons. The number of amides is 1. The number of furan rings is 1. The van der Waals surface area contributed by atoms with E-state index in [1.165, 1.54) is 12.1 Å². The van der Waals surface area contributed by atoms with E-state index in [9.17, 15) is 9.18 Å². The predicted molar refractivity (Wildman–Crippen MR) is 91.6 cm³/mol. The van der Waals surface area contributed by atoms with Crippen LogP contribution >= 0.6 is 0 Å². The third kappa shape index (κ3) is 6.23. The van der Waals surface area contributed by atoms with Crippen LogP contribution in [0.3, 0.4) is 0 Å². The molecule has 0 bridgehead atoms. The highest BCUT2D eigenvalue weighted by atomic mass is 19.1. The van der Waals surface area contributed by atoms with Crippen LogP contribution < -0.4 is 0 Å². The summed E-state index contributed by atoms with van der Waals surface area (Å²) in [5.41, 5.74) is 0.412. The Bertz CT molecular complexity index is 773. The lowest BCUT2D eigenvalue weighted by Crippen LogP contribution is -2.48. The van der Waals surface area contributed by atoms with Crippen LogP contribution in [0, 0.1) is 5.82 Å². The first-order valence-corrected chi connectivity index (χ1v) is 8.12. The van der Waals surface area contributed by atoms with Crippen LogP contribution in [-0.4, -0.2) is 64.0 Å². The number of hydrogen-bond acceptors (Lipinski definition) is 5. The summed E-state index contributed by atoms with van der Waals surface area (Å²) < 4.78 is 18.5. The lowest BCUT2D eigenvalue weighted by atomic mass is 10.1. The lowest BCUT2D eigenvalue weighted by Gasteiger charge is -2.34. The Hall–Kier alpha value is -3.20. The van der Waals surface area contributed by atoms with Crippen molar-refractivity contribution < 1.29 is 33.4 Å². The standard InChI is InChI=1S/C16H17FN2O2.C2H2O4/c17-14-4-1-3-13(11-14)16(20)19-8-6-18(7-9-19)12-15-5-2-10-21-15;3-1(4)2(5)6/h1-5,10-11H,6-9,12H2;(H,3,4)(H,5,6). The largest absolute Gasteiger partial charge is 0.473 e. The van der Waals surface area contributed by atoms with E-state index in [1.54, 1.807) is 23.3 Å². The first-order valence-electron chi connectivity index (χ1n) is 8.12. The van der Waals surface area contributed by atoms with Gasteiger partial charge in [0, 0.05) is 31.7 Å². The van der Waals surface area contributed by atoms with Crippen molar-refractivity contribution in [3.05, 3.63) is 59.8 Å². The third-order valence-corrected chi connectivity index (χ3v) is 3.87. The van der Waals surface area contributed by atoms with Crippen molar-refractivity contribution in [3.8, 4) is 0 Å². The summed E-state index contributed by atoms with van der Waals surface area (Å²) in [6, 6.07) is 9.68. The maximum absolute atomic E-state index is 13.2. The van der Waals surface area contributed by atoms with Crippen LogP contribution in [0.2, 0.25) is 0 Å². The Labute approximate surface area is 154 Å². The summed E-state index contributed by atoms with van der Waals surface area (Å²) >= 11 is 0. The van der Waals surface area contributed by atoms with Crippen molar-refractivity contribution in [1.29, 1.82) is 0 Å². The van der Waals surface area contributed by atoms with E-state index in [0.29, 0.717) is 18.7 Å². The minimum Gasteiger partial charge on any atom is -0.473 e. The number of carboxylic acid groups (broad SMARTS) is 2. The van der Waals surface area contributed by atoms with E-state index < -0.39 is 11.9 Å². The van der Waals surface area contributed by atoms with Crippen LogP contribution in [0.15, 0.2) is 47.1 Å². The number of carbonyl (C=O) groups excluding carboxylic acids is 1. The zero-order valence-corrected chi connectivity index (χ0v) is 14.4. The fourth-order valence-electron chi connectivity index (χ4n) is 2.54. The normalized spacial score (nSPS) is 14.2. The molecule has 1 aromatic carbocycles. The number of nitrogens with zero attached hydrogens (tertiary/aromatic N) is 2. The number of rotatable bonds is 3. The molecule has 0 radical (unpaired) electrons. The number of halogens is 1. The summed E-state index contributed by atoms with van der Waals surface area (Å²) in [4.78, 5) is 34.5. The van der Waals surface area contributed by atoms with Gasteiger partial charge in [0.2, 0.25) is 0 Å². The third-order valence-electron chi connectivity index (χ3n) is 3.87. The monoisotopic (exact) mass is 378 g/mol. The molecule has 1 aliphatic heterocycles. The van der Waals surface area contributed by atoms with E-state index in [0.717, 1.165) is 25.4 Å². The number of piperazine rings is 1. The Morgan fingerprint density at radius 1 is 1.00 bits per heavy atom. The second-order valence-corrected chi connectivity index (χ2v) is 5.77. The van der Waals surface area contributed by atoms with Gasteiger partial charge in [-0.05, 0) is 30.3 Å². The molecule has 2 N–H and O–H groups in total. The van der Waals surface area contributed by atoms with Crippen LogP contribution in [0.5, 0.6) is 0 Å².